The molecule has 12 heavy (non-hydrogen) atoms. The number of carboxylic acids is 1. The zero-order chi connectivity index (χ0) is 9.72. The zero-order valence-electron chi connectivity index (χ0n) is 6.94. The van der Waals surface area contributed by atoms with E-state index in [-0.39, 0.29) is 0 Å². The van der Waals surface area contributed by atoms with Crippen LogP contribution in [0.25, 0.3) is 0 Å². The smallest absolute Gasteiger partial charge is 0.328 e. The van der Waals surface area contributed by atoms with Crippen LogP contribution in [-0.4, -0.2) is 53.9 Å². The van der Waals surface area contributed by atoms with E-state index in [9.17, 15) is 9.59 Å². The van der Waals surface area contributed by atoms with Crippen molar-refractivity contribution in [3.05, 3.63) is 0 Å². The van der Waals surface area contributed by atoms with Crippen molar-refractivity contribution >= 4 is 12.0 Å². The third-order valence-corrected chi connectivity index (χ3v) is 1.18. The van der Waals surface area contributed by atoms with Crippen LogP contribution in [0.5, 0.6) is 0 Å². The Kier molecular flexibility index (Phi) is 4.06. The van der Waals surface area contributed by atoms with Crippen LogP contribution in [0.1, 0.15) is 0 Å². The quantitative estimate of drug-likeness (QED) is 0.498. The highest BCUT2D eigenvalue weighted by molar-refractivity contribution is 5.82. The first-order valence-corrected chi connectivity index (χ1v) is 3.30. The standard InChI is InChI=1S/C6H12N2O4/c1-8(2)6(12)7-4(3-9)5(10)11/h4,9H,3H2,1-2H3,(H,7,12)(H,10,11)/t4-/m0/s1. The maximum absolute atomic E-state index is 10.9. The second kappa shape index (κ2) is 4.55. The van der Waals surface area contributed by atoms with Gasteiger partial charge in [-0.25, -0.2) is 9.59 Å². The van der Waals surface area contributed by atoms with E-state index in [1.54, 1.807) is 0 Å². The van der Waals surface area contributed by atoms with Gasteiger partial charge in [0.2, 0.25) is 0 Å². The molecule has 0 aliphatic carbocycles. The lowest BCUT2D eigenvalue weighted by molar-refractivity contribution is -0.140. The summed E-state index contributed by atoms with van der Waals surface area (Å²) < 4.78 is 0. The molecule has 0 aromatic heterocycles. The minimum absolute atomic E-state index is 0.545. The van der Waals surface area contributed by atoms with Crippen molar-refractivity contribution in [3.63, 3.8) is 0 Å². The molecule has 0 saturated heterocycles. The number of hydrogen-bond acceptors (Lipinski definition) is 3. The third-order valence-electron chi connectivity index (χ3n) is 1.18. The fourth-order valence-corrected chi connectivity index (χ4v) is 0.464. The van der Waals surface area contributed by atoms with E-state index in [0.29, 0.717) is 0 Å². The highest BCUT2D eigenvalue weighted by Gasteiger charge is 2.18. The number of hydrogen-bond donors (Lipinski definition) is 3. The lowest BCUT2D eigenvalue weighted by Crippen LogP contribution is -2.47. The number of urea groups is 1. The van der Waals surface area contributed by atoms with E-state index >= 15 is 0 Å². The number of amides is 2. The van der Waals surface area contributed by atoms with Crippen LogP contribution in [0.15, 0.2) is 0 Å². The van der Waals surface area contributed by atoms with Gasteiger partial charge in [0.05, 0.1) is 6.61 Å². The summed E-state index contributed by atoms with van der Waals surface area (Å²) in [6.45, 7) is -0.616. The van der Waals surface area contributed by atoms with Crippen molar-refractivity contribution < 1.29 is 19.8 Å². The van der Waals surface area contributed by atoms with Gasteiger partial charge < -0.3 is 20.4 Å². The number of nitrogens with zero attached hydrogens (tertiary/aromatic N) is 1. The summed E-state index contributed by atoms with van der Waals surface area (Å²) in [6.07, 6.45) is 0. The van der Waals surface area contributed by atoms with Gasteiger partial charge in [0.25, 0.3) is 0 Å². The highest BCUT2D eigenvalue weighted by Crippen LogP contribution is 1.85. The number of carbonyl (C=O) groups excluding carboxylic acids is 1. The molecule has 0 aliphatic rings. The fraction of sp³-hybridized carbons (Fsp3) is 0.667. The molecule has 0 aliphatic heterocycles. The van der Waals surface area contributed by atoms with Gasteiger partial charge >= 0.3 is 12.0 Å². The second-order valence-corrected chi connectivity index (χ2v) is 2.42. The van der Waals surface area contributed by atoms with Crippen molar-refractivity contribution in [2.24, 2.45) is 0 Å². The first kappa shape index (κ1) is 10.7. The Balaban J connectivity index is 4.03. The van der Waals surface area contributed by atoms with Gasteiger partial charge in [-0.05, 0) is 0 Å². The van der Waals surface area contributed by atoms with E-state index < -0.39 is 24.6 Å². The molecule has 6 nitrogen and oxygen atoms in total. The predicted molar refractivity (Wildman–Crippen MR) is 40.7 cm³/mol. The van der Waals surface area contributed by atoms with Crippen LogP contribution in [0.2, 0.25) is 0 Å². The summed E-state index contributed by atoms with van der Waals surface area (Å²) in [6, 6.07) is -1.78. The molecule has 0 aromatic carbocycles. The minimum atomic E-state index is -1.26. The Morgan fingerprint density at radius 3 is 2.25 bits per heavy atom. The largest absolute Gasteiger partial charge is 0.480 e. The average Bonchev–Trinajstić information content (AvgIpc) is 1.98. The number of nitrogens with one attached hydrogen (secondary N) is 1. The van der Waals surface area contributed by atoms with Crippen molar-refractivity contribution in [1.29, 1.82) is 0 Å². The summed E-state index contributed by atoms with van der Waals surface area (Å²) >= 11 is 0. The fourth-order valence-electron chi connectivity index (χ4n) is 0.464. The summed E-state index contributed by atoms with van der Waals surface area (Å²) in [4.78, 5) is 22.3. The molecule has 6 heteroatoms. The summed E-state index contributed by atoms with van der Waals surface area (Å²) in [5.41, 5.74) is 0. The summed E-state index contributed by atoms with van der Waals surface area (Å²) in [5, 5.41) is 19.0. The van der Waals surface area contributed by atoms with Gasteiger partial charge in [-0.3, -0.25) is 0 Å². The van der Waals surface area contributed by atoms with Crippen LogP contribution in [0, 0.1) is 0 Å². The lowest BCUT2D eigenvalue weighted by atomic mass is 10.3. The molecule has 70 valence electrons. The molecule has 0 aromatic rings. The van der Waals surface area contributed by atoms with Crippen LogP contribution in [0.3, 0.4) is 0 Å². The zero-order valence-corrected chi connectivity index (χ0v) is 6.94. The predicted octanol–water partition coefficient (Wildman–Crippen LogP) is -1.30. The molecule has 2 amide bonds. The van der Waals surface area contributed by atoms with Crippen molar-refractivity contribution in [2.75, 3.05) is 20.7 Å². The Labute approximate surface area is 69.8 Å². The van der Waals surface area contributed by atoms with E-state index in [2.05, 4.69) is 5.32 Å². The monoisotopic (exact) mass is 176 g/mol. The molecule has 0 rings (SSSR count). The minimum Gasteiger partial charge on any atom is -0.480 e. The molecule has 1 atom stereocenters. The van der Waals surface area contributed by atoms with Crippen molar-refractivity contribution in [1.82, 2.24) is 10.2 Å². The van der Waals surface area contributed by atoms with Crippen molar-refractivity contribution in [3.8, 4) is 0 Å². The van der Waals surface area contributed by atoms with Gasteiger partial charge in [0, 0.05) is 14.1 Å². The molecule has 0 saturated carbocycles. The van der Waals surface area contributed by atoms with Crippen LogP contribution in [0.4, 0.5) is 4.79 Å². The Bertz CT molecular complexity index is 180. The number of rotatable bonds is 3. The molecule has 0 fully saturated rings. The Morgan fingerprint density at radius 2 is 2.00 bits per heavy atom. The van der Waals surface area contributed by atoms with E-state index in [1.807, 2.05) is 0 Å². The first-order valence-electron chi connectivity index (χ1n) is 3.30. The molecule has 0 bridgehead atoms. The van der Waals surface area contributed by atoms with Crippen LogP contribution in [-0.2, 0) is 4.79 Å². The van der Waals surface area contributed by atoms with Gasteiger partial charge in [-0.1, -0.05) is 0 Å². The van der Waals surface area contributed by atoms with Gasteiger partial charge in [-0.15, -0.1) is 0 Å². The number of carboxylic acid groups (broad SMARTS) is 1. The summed E-state index contributed by atoms with van der Waals surface area (Å²) in [5.74, 6) is -1.26. The molecule has 0 radical (unpaired) electrons. The Morgan fingerprint density at radius 1 is 1.50 bits per heavy atom. The molecule has 0 heterocycles. The third kappa shape index (κ3) is 3.20. The average molecular weight is 176 g/mol. The highest BCUT2D eigenvalue weighted by atomic mass is 16.4. The van der Waals surface area contributed by atoms with E-state index in [4.69, 9.17) is 10.2 Å². The number of carbonyl (C=O) groups is 2. The maximum Gasteiger partial charge on any atom is 0.328 e. The van der Waals surface area contributed by atoms with Crippen molar-refractivity contribution in [2.45, 2.75) is 6.04 Å². The van der Waals surface area contributed by atoms with Gasteiger partial charge in [-0.2, -0.15) is 0 Å². The number of aliphatic hydroxyl groups is 1. The SMILES string of the molecule is CN(C)C(=O)N[C@@H](CO)C(=O)O. The number of aliphatic hydroxyl groups excluding tert-OH is 1. The molecule has 0 unspecified atom stereocenters. The van der Waals surface area contributed by atoms with Crippen LogP contribution >= 0.6 is 0 Å². The molecular formula is C6H12N2O4. The van der Waals surface area contributed by atoms with Gasteiger partial charge in [0.1, 0.15) is 0 Å². The normalized spacial score (nSPS) is 11.9. The maximum atomic E-state index is 10.9. The molecule has 3 N–H and O–H groups in total. The van der Waals surface area contributed by atoms with E-state index in [0.717, 1.165) is 0 Å². The first-order chi connectivity index (χ1) is 5.49. The van der Waals surface area contributed by atoms with E-state index in [1.165, 1.54) is 19.0 Å². The van der Waals surface area contributed by atoms with Gasteiger partial charge in [0.15, 0.2) is 6.04 Å². The molecular weight excluding hydrogens is 164 g/mol. The topological polar surface area (TPSA) is 89.9 Å². The van der Waals surface area contributed by atoms with Crippen LogP contribution < -0.4 is 5.32 Å². The Hall–Kier alpha value is -1.30. The second-order valence-electron chi connectivity index (χ2n) is 2.42. The molecule has 0 spiro atoms. The summed E-state index contributed by atoms with van der Waals surface area (Å²) in [7, 11) is 2.96. The number of aliphatic carboxylic acids is 1. The lowest BCUT2D eigenvalue weighted by Gasteiger charge is -2.15.